The maximum Gasteiger partial charge on any atom is 0.116 e. The van der Waals surface area contributed by atoms with E-state index in [1.165, 1.54) is 6.92 Å². The summed E-state index contributed by atoms with van der Waals surface area (Å²) in [4.78, 5) is 8.81. The van der Waals surface area contributed by atoms with Crippen molar-refractivity contribution in [3.05, 3.63) is 0 Å². The van der Waals surface area contributed by atoms with Crippen molar-refractivity contribution < 1.29 is 24.3 Å². The zero-order valence-electron chi connectivity index (χ0n) is 2.34. The fourth-order valence-corrected chi connectivity index (χ4v) is 0. The summed E-state index contributed by atoms with van der Waals surface area (Å²) in [6, 6.07) is 0. The molecule has 0 aliphatic carbocycles. The Morgan fingerprint density at radius 3 is 1.75 bits per heavy atom. The van der Waals surface area contributed by atoms with E-state index in [0.29, 0.717) is 0 Å². The van der Waals surface area contributed by atoms with Gasteiger partial charge in [0, 0.05) is 19.5 Å². The van der Waals surface area contributed by atoms with Crippen LogP contribution in [0.2, 0.25) is 0 Å². The molecule has 4 heavy (non-hydrogen) atoms. The standard InChI is InChI=1S/C2H4O.Ru/c1-2-3;/h2H,1H3;. The van der Waals surface area contributed by atoms with Gasteiger partial charge in [0.05, 0.1) is 0 Å². The number of rotatable bonds is 0. The molecule has 0 atom stereocenters. The second-order valence-electron chi connectivity index (χ2n) is 0.236. The first-order valence-corrected chi connectivity index (χ1v) is 0.813. The Bertz CT molecular complexity index is 13.5. The van der Waals surface area contributed by atoms with Gasteiger partial charge in [-0.2, -0.15) is 0 Å². The van der Waals surface area contributed by atoms with Gasteiger partial charge in [-0.3, -0.25) is 0 Å². The Morgan fingerprint density at radius 2 is 1.75 bits per heavy atom. The van der Waals surface area contributed by atoms with Crippen LogP contribution >= 0.6 is 0 Å². The van der Waals surface area contributed by atoms with Crippen LogP contribution in [0.15, 0.2) is 0 Å². The van der Waals surface area contributed by atoms with Crippen LogP contribution in [0.4, 0.5) is 0 Å². The quantitative estimate of drug-likeness (QED) is 0.351. The van der Waals surface area contributed by atoms with E-state index in [1.807, 2.05) is 0 Å². The predicted molar refractivity (Wildman–Crippen MR) is 11.7 cm³/mol. The van der Waals surface area contributed by atoms with Crippen molar-refractivity contribution in [3.8, 4) is 0 Å². The van der Waals surface area contributed by atoms with Gasteiger partial charge < -0.3 is 4.79 Å². The Balaban J connectivity index is 0. The average Bonchev–Trinajstić information content (AvgIpc) is 0.918. The third-order valence-corrected chi connectivity index (χ3v) is 0. The second-order valence-corrected chi connectivity index (χ2v) is 0.236. The van der Waals surface area contributed by atoms with E-state index in [-0.39, 0.29) is 19.5 Å². The summed E-state index contributed by atoms with van der Waals surface area (Å²) in [5.74, 6) is 0. The normalized spacial score (nSPS) is 3.25. The Labute approximate surface area is 38.1 Å². The van der Waals surface area contributed by atoms with Crippen LogP contribution in [0, 0.1) is 0 Å². The van der Waals surface area contributed by atoms with Crippen molar-refractivity contribution in [2.24, 2.45) is 0 Å². The zero-order valence-corrected chi connectivity index (χ0v) is 4.08. The summed E-state index contributed by atoms with van der Waals surface area (Å²) in [5, 5.41) is 0. The first-order chi connectivity index (χ1) is 1.41. The molecule has 0 aliphatic heterocycles. The van der Waals surface area contributed by atoms with Gasteiger partial charge in [-0.15, -0.1) is 0 Å². The van der Waals surface area contributed by atoms with E-state index < -0.39 is 0 Å². The van der Waals surface area contributed by atoms with E-state index >= 15 is 0 Å². The molecule has 1 nitrogen and oxygen atoms in total. The average molecular weight is 145 g/mol. The fraction of sp³-hybridized carbons (Fsp3) is 0.500. The summed E-state index contributed by atoms with van der Waals surface area (Å²) in [5.41, 5.74) is 0. The molecular formula is C2H4ORu. The largest absolute Gasteiger partial charge is 0.304 e. The van der Waals surface area contributed by atoms with Crippen molar-refractivity contribution in [1.82, 2.24) is 0 Å². The molecule has 0 fully saturated rings. The van der Waals surface area contributed by atoms with Gasteiger partial charge in [-0.25, -0.2) is 0 Å². The molecular weight excluding hydrogens is 141 g/mol. The van der Waals surface area contributed by atoms with Crippen molar-refractivity contribution in [1.29, 1.82) is 0 Å². The van der Waals surface area contributed by atoms with Gasteiger partial charge in [-0.1, -0.05) is 0 Å². The van der Waals surface area contributed by atoms with Gasteiger partial charge in [-0.05, 0) is 6.92 Å². The molecule has 0 spiro atoms. The summed E-state index contributed by atoms with van der Waals surface area (Å²) < 4.78 is 0. The minimum atomic E-state index is 0. The molecule has 0 aromatic heterocycles. The molecule has 0 saturated heterocycles. The molecule has 0 aromatic rings. The summed E-state index contributed by atoms with van der Waals surface area (Å²) >= 11 is 0. The predicted octanol–water partition coefficient (Wildman–Crippen LogP) is 0.203. The van der Waals surface area contributed by atoms with Crippen LogP contribution in [0.5, 0.6) is 0 Å². The monoisotopic (exact) mass is 146 g/mol. The Morgan fingerprint density at radius 1 is 1.75 bits per heavy atom. The molecule has 0 bridgehead atoms. The molecule has 0 aromatic carbocycles. The third-order valence-electron chi connectivity index (χ3n) is 0. The van der Waals surface area contributed by atoms with E-state index in [4.69, 9.17) is 4.79 Å². The minimum absolute atomic E-state index is 0. The zero-order chi connectivity index (χ0) is 2.71. The fourth-order valence-electron chi connectivity index (χ4n) is 0. The van der Waals surface area contributed by atoms with Gasteiger partial charge >= 0.3 is 0 Å². The third kappa shape index (κ3) is 44.6. The van der Waals surface area contributed by atoms with Crippen LogP contribution in [-0.2, 0) is 24.3 Å². The van der Waals surface area contributed by atoms with E-state index in [0.717, 1.165) is 6.29 Å². The number of aldehydes is 1. The molecule has 0 heterocycles. The number of hydrogen-bond donors (Lipinski definition) is 0. The summed E-state index contributed by atoms with van der Waals surface area (Å²) in [6.45, 7) is 1.44. The van der Waals surface area contributed by atoms with Gasteiger partial charge in [0.1, 0.15) is 6.29 Å². The van der Waals surface area contributed by atoms with Crippen molar-refractivity contribution in [3.63, 3.8) is 0 Å². The first kappa shape index (κ1) is 8.85. The summed E-state index contributed by atoms with van der Waals surface area (Å²) in [6.07, 6.45) is 0.750. The molecule has 0 amide bonds. The molecule has 0 saturated carbocycles. The molecule has 2 heteroatoms. The summed E-state index contributed by atoms with van der Waals surface area (Å²) in [7, 11) is 0. The SMILES string of the molecule is CC=O.[Ru]. The molecule has 26 valence electrons. The maximum atomic E-state index is 8.81. The minimum Gasteiger partial charge on any atom is -0.304 e. The molecule has 0 rings (SSSR count). The van der Waals surface area contributed by atoms with Gasteiger partial charge in [0.15, 0.2) is 0 Å². The topological polar surface area (TPSA) is 17.1 Å². The number of carbonyl (C=O) groups excluding carboxylic acids is 1. The van der Waals surface area contributed by atoms with E-state index in [2.05, 4.69) is 0 Å². The molecule has 0 aliphatic rings. The van der Waals surface area contributed by atoms with Crippen molar-refractivity contribution in [2.75, 3.05) is 0 Å². The second kappa shape index (κ2) is 10.4. The molecule has 0 unspecified atom stereocenters. The van der Waals surface area contributed by atoms with Crippen LogP contribution in [0.1, 0.15) is 6.92 Å². The Kier molecular flexibility index (Phi) is 22.9. The Hall–Kier alpha value is 0.293. The van der Waals surface area contributed by atoms with Crippen LogP contribution in [0.25, 0.3) is 0 Å². The van der Waals surface area contributed by atoms with E-state index in [1.54, 1.807) is 0 Å². The first-order valence-electron chi connectivity index (χ1n) is 0.813. The maximum absolute atomic E-state index is 8.81. The molecule has 0 N–H and O–H groups in total. The van der Waals surface area contributed by atoms with Crippen molar-refractivity contribution in [2.45, 2.75) is 6.92 Å². The number of carbonyl (C=O) groups is 1. The number of hydrogen-bond acceptors (Lipinski definition) is 1. The van der Waals surface area contributed by atoms with E-state index in [9.17, 15) is 0 Å². The van der Waals surface area contributed by atoms with Crippen LogP contribution < -0.4 is 0 Å². The van der Waals surface area contributed by atoms with Crippen molar-refractivity contribution >= 4 is 6.29 Å². The van der Waals surface area contributed by atoms with Gasteiger partial charge in [0.25, 0.3) is 0 Å². The van der Waals surface area contributed by atoms with Crippen LogP contribution in [-0.4, -0.2) is 6.29 Å². The smallest absolute Gasteiger partial charge is 0.116 e. The van der Waals surface area contributed by atoms with Gasteiger partial charge in [0.2, 0.25) is 0 Å². The van der Waals surface area contributed by atoms with Crippen LogP contribution in [0.3, 0.4) is 0 Å². The molecule has 0 radical (unpaired) electrons.